The van der Waals surface area contributed by atoms with E-state index in [1.807, 2.05) is 25.1 Å². The van der Waals surface area contributed by atoms with Crippen molar-refractivity contribution in [3.63, 3.8) is 0 Å². The second-order valence-electron chi connectivity index (χ2n) is 5.56. The van der Waals surface area contributed by atoms with Crippen molar-refractivity contribution in [2.24, 2.45) is 0 Å². The Labute approximate surface area is 122 Å². The molecule has 1 aliphatic rings. The van der Waals surface area contributed by atoms with Gasteiger partial charge < -0.3 is 14.6 Å². The van der Waals surface area contributed by atoms with Crippen LogP contribution in [0.5, 0.6) is 11.5 Å². The summed E-state index contributed by atoms with van der Waals surface area (Å²) in [6, 6.07) is 12.2. The smallest absolute Gasteiger partial charge is 0.231 e. The van der Waals surface area contributed by atoms with Gasteiger partial charge in [0.25, 0.3) is 0 Å². The van der Waals surface area contributed by atoms with Gasteiger partial charge in [-0.3, -0.25) is 0 Å². The molecule has 0 spiro atoms. The van der Waals surface area contributed by atoms with Gasteiger partial charge in [-0.05, 0) is 35.7 Å². The van der Waals surface area contributed by atoms with E-state index in [1.165, 1.54) is 6.07 Å². The van der Waals surface area contributed by atoms with E-state index in [2.05, 4.69) is 0 Å². The zero-order valence-corrected chi connectivity index (χ0v) is 11.8. The first-order chi connectivity index (χ1) is 10.1. The minimum absolute atomic E-state index is 0.137. The van der Waals surface area contributed by atoms with Crippen LogP contribution in [0.1, 0.15) is 18.1 Å². The van der Waals surface area contributed by atoms with Crippen molar-refractivity contribution in [1.29, 1.82) is 0 Å². The molecule has 110 valence electrons. The molecule has 4 heteroatoms. The molecule has 0 aromatic heterocycles. The number of fused-ring (bicyclic) bond motifs is 1. The topological polar surface area (TPSA) is 38.7 Å². The average molecular weight is 288 g/mol. The van der Waals surface area contributed by atoms with Crippen LogP contribution < -0.4 is 9.47 Å². The molecule has 21 heavy (non-hydrogen) atoms. The van der Waals surface area contributed by atoms with Gasteiger partial charge in [-0.25, -0.2) is 4.39 Å². The lowest BCUT2D eigenvalue weighted by atomic mass is 9.77. The highest BCUT2D eigenvalue weighted by Crippen LogP contribution is 2.36. The number of aliphatic hydroxyl groups is 1. The van der Waals surface area contributed by atoms with Crippen LogP contribution in [-0.2, 0) is 11.8 Å². The monoisotopic (exact) mass is 288 g/mol. The van der Waals surface area contributed by atoms with Gasteiger partial charge in [0, 0.05) is 5.41 Å². The first-order valence-corrected chi connectivity index (χ1v) is 6.87. The molecule has 1 unspecified atom stereocenters. The first kappa shape index (κ1) is 13.9. The zero-order chi connectivity index (χ0) is 14.9. The number of ether oxygens (including phenoxy) is 2. The SMILES string of the molecule is CC(CO)(Cc1ccc2c(c1)OCO2)c1ccccc1F. The van der Waals surface area contributed by atoms with Gasteiger partial charge in [0.15, 0.2) is 11.5 Å². The molecule has 0 fully saturated rings. The van der Waals surface area contributed by atoms with Gasteiger partial charge in [0.2, 0.25) is 6.79 Å². The van der Waals surface area contributed by atoms with E-state index in [9.17, 15) is 9.50 Å². The fourth-order valence-electron chi connectivity index (χ4n) is 2.69. The van der Waals surface area contributed by atoms with Crippen molar-refractivity contribution in [2.75, 3.05) is 13.4 Å². The third-order valence-corrected chi connectivity index (χ3v) is 3.90. The van der Waals surface area contributed by atoms with Crippen molar-refractivity contribution in [3.8, 4) is 11.5 Å². The highest BCUT2D eigenvalue weighted by molar-refractivity contribution is 5.45. The number of halogens is 1. The molecule has 3 rings (SSSR count). The molecule has 1 heterocycles. The Bertz CT molecular complexity index is 656. The highest BCUT2D eigenvalue weighted by Gasteiger charge is 2.29. The third kappa shape index (κ3) is 2.59. The molecule has 0 bridgehead atoms. The lowest BCUT2D eigenvalue weighted by Gasteiger charge is -2.28. The van der Waals surface area contributed by atoms with Crippen LogP contribution in [0.15, 0.2) is 42.5 Å². The summed E-state index contributed by atoms with van der Waals surface area (Å²) >= 11 is 0. The van der Waals surface area contributed by atoms with E-state index in [0.717, 1.165) is 11.3 Å². The Morgan fingerprint density at radius 2 is 1.90 bits per heavy atom. The molecule has 3 nitrogen and oxygen atoms in total. The molecule has 2 aromatic carbocycles. The van der Waals surface area contributed by atoms with E-state index in [-0.39, 0.29) is 19.2 Å². The standard InChI is InChI=1S/C17H17FO3/c1-17(10-19,13-4-2-3-5-14(13)18)9-12-6-7-15-16(8-12)21-11-20-15/h2-8,19H,9-11H2,1H3. The summed E-state index contributed by atoms with van der Waals surface area (Å²) in [6.45, 7) is 1.95. The Kier molecular flexibility index (Phi) is 3.55. The maximum atomic E-state index is 14.0. The van der Waals surface area contributed by atoms with Crippen LogP contribution in [0.4, 0.5) is 4.39 Å². The Hall–Kier alpha value is -2.07. The molecule has 0 saturated heterocycles. The van der Waals surface area contributed by atoms with Crippen molar-refractivity contribution in [1.82, 2.24) is 0 Å². The van der Waals surface area contributed by atoms with Crippen molar-refractivity contribution >= 4 is 0 Å². The predicted molar refractivity (Wildman–Crippen MR) is 77.1 cm³/mol. The Morgan fingerprint density at radius 1 is 1.14 bits per heavy atom. The van der Waals surface area contributed by atoms with E-state index in [1.54, 1.807) is 18.2 Å². The van der Waals surface area contributed by atoms with Crippen LogP contribution >= 0.6 is 0 Å². The molecule has 0 amide bonds. The second kappa shape index (κ2) is 5.37. The predicted octanol–water partition coefficient (Wildman–Crippen LogP) is 3.05. The van der Waals surface area contributed by atoms with Gasteiger partial charge in [-0.2, -0.15) is 0 Å². The fraction of sp³-hybridized carbons (Fsp3) is 0.294. The number of hydrogen-bond acceptors (Lipinski definition) is 3. The normalized spacial score (nSPS) is 15.8. The summed E-state index contributed by atoms with van der Waals surface area (Å²) in [4.78, 5) is 0. The molecule has 0 saturated carbocycles. The Morgan fingerprint density at radius 3 is 2.67 bits per heavy atom. The maximum Gasteiger partial charge on any atom is 0.231 e. The van der Waals surface area contributed by atoms with Crippen LogP contribution in [0.25, 0.3) is 0 Å². The number of benzene rings is 2. The van der Waals surface area contributed by atoms with Crippen molar-refractivity contribution in [3.05, 3.63) is 59.4 Å². The maximum absolute atomic E-state index is 14.0. The quantitative estimate of drug-likeness (QED) is 0.939. The summed E-state index contributed by atoms with van der Waals surface area (Å²) in [5.74, 6) is 1.12. The van der Waals surface area contributed by atoms with Crippen LogP contribution in [0.3, 0.4) is 0 Å². The summed E-state index contributed by atoms with van der Waals surface area (Å²) in [6.07, 6.45) is 0.515. The molecular weight excluding hydrogens is 271 g/mol. The van der Waals surface area contributed by atoms with Crippen LogP contribution in [-0.4, -0.2) is 18.5 Å². The number of aliphatic hydroxyl groups excluding tert-OH is 1. The molecule has 1 aliphatic heterocycles. The van der Waals surface area contributed by atoms with E-state index in [4.69, 9.17) is 9.47 Å². The molecule has 1 N–H and O–H groups in total. The summed E-state index contributed by atoms with van der Waals surface area (Å²) < 4.78 is 24.7. The number of hydrogen-bond donors (Lipinski definition) is 1. The molecular formula is C17H17FO3. The number of rotatable bonds is 4. The summed E-state index contributed by atoms with van der Waals surface area (Å²) in [7, 11) is 0. The zero-order valence-electron chi connectivity index (χ0n) is 11.8. The molecule has 0 aliphatic carbocycles. The molecule has 1 atom stereocenters. The minimum Gasteiger partial charge on any atom is -0.454 e. The summed E-state index contributed by atoms with van der Waals surface area (Å²) in [5, 5.41) is 9.80. The van der Waals surface area contributed by atoms with Gasteiger partial charge in [0.1, 0.15) is 5.82 Å². The molecule has 2 aromatic rings. The molecule has 0 radical (unpaired) electrons. The van der Waals surface area contributed by atoms with Gasteiger partial charge in [0.05, 0.1) is 6.61 Å². The fourth-order valence-corrected chi connectivity index (χ4v) is 2.69. The third-order valence-electron chi connectivity index (χ3n) is 3.90. The second-order valence-corrected chi connectivity index (χ2v) is 5.56. The van der Waals surface area contributed by atoms with E-state index < -0.39 is 5.41 Å². The average Bonchev–Trinajstić information content (AvgIpc) is 2.95. The Balaban J connectivity index is 1.92. The van der Waals surface area contributed by atoms with Gasteiger partial charge in [-0.1, -0.05) is 31.2 Å². The van der Waals surface area contributed by atoms with E-state index in [0.29, 0.717) is 17.7 Å². The lowest BCUT2D eigenvalue weighted by molar-refractivity contribution is 0.174. The largest absolute Gasteiger partial charge is 0.454 e. The minimum atomic E-state index is -0.682. The van der Waals surface area contributed by atoms with Crippen LogP contribution in [0, 0.1) is 5.82 Å². The lowest BCUT2D eigenvalue weighted by Crippen LogP contribution is -2.30. The van der Waals surface area contributed by atoms with Crippen LogP contribution in [0.2, 0.25) is 0 Å². The van der Waals surface area contributed by atoms with Gasteiger partial charge >= 0.3 is 0 Å². The highest BCUT2D eigenvalue weighted by atomic mass is 19.1. The van der Waals surface area contributed by atoms with E-state index >= 15 is 0 Å². The van der Waals surface area contributed by atoms with Crippen molar-refractivity contribution < 1.29 is 19.0 Å². The first-order valence-electron chi connectivity index (χ1n) is 6.87. The summed E-state index contributed by atoms with van der Waals surface area (Å²) in [5.41, 5.74) is 0.809. The van der Waals surface area contributed by atoms with Gasteiger partial charge in [-0.15, -0.1) is 0 Å². The van der Waals surface area contributed by atoms with Crippen molar-refractivity contribution in [2.45, 2.75) is 18.8 Å².